The van der Waals surface area contributed by atoms with Crippen LogP contribution in [0.2, 0.25) is 0 Å². The first-order valence-corrected chi connectivity index (χ1v) is 4.47. The second kappa shape index (κ2) is 1.22. The van der Waals surface area contributed by atoms with E-state index in [1.54, 1.807) is 5.57 Å². The van der Waals surface area contributed by atoms with E-state index in [0.717, 1.165) is 0 Å². The first-order chi connectivity index (χ1) is 4.78. The Balaban J connectivity index is 2.01. The topological polar surface area (TPSA) is 0 Å². The van der Waals surface area contributed by atoms with E-state index in [2.05, 4.69) is 6.58 Å². The largest absolute Gasteiger partial charge is 0.0987 e. The van der Waals surface area contributed by atoms with Crippen molar-refractivity contribution < 1.29 is 0 Å². The molecule has 10 heavy (non-hydrogen) atoms. The second-order valence-electron chi connectivity index (χ2n) is 4.54. The molecule has 3 saturated carbocycles. The van der Waals surface area contributed by atoms with Gasteiger partial charge >= 0.3 is 0 Å². The van der Waals surface area contributed by atoms with Gasteiger partial charge in [-0.05, 0) is 49.4 Å². The SMILES string of the molecule is C=C1C2(CC2)CCC12CC2. The van der Waals surface area contributed by atoms with Crippen molar-refractivity contribution in [1.29, 1.82) is 0 Å². The van der Waals surface area contributed by atoms with Crippen molar-refractivity contribution >= 4 is 0 Å². The zero-order valence-corrected chi connectivity index (χ0v) is 6.45. The van der Waals surface area contributed by atoms with E-state index in [4.69, 9.17) is 0 Å². The van der Waals surface area contributed by atoms with Crippen LogP contribution in [0.25, 0.3) is 0 Å². The van der Waals surface area contributed by atoms with Gasteiger partial charge in [-0.15, -0.1) is 0 Å². The molecule has 0 amide bonds. The minimum atomic E-state index is 0.705. The normalized spacial score (nSPS) is 37.4. The lowest BCUT2D eigenvalue weighted by molar-refractivity contribution is 0.616. The fourth-order valence-electron chi connectivity index (χ4n) is 2.75. The Morgan fingerprint density at radius 2 is 1.10 bits per heavy atom. The average molecular weight is 134 g/mol. The van der Waals surface area contributed by atoms with Crippen molar-refractivity contribution in [3.63, 3.8) is 0 Å². The lowest BCUT2D eigenvalue weighted by atomic mass is 9.94. The van der Waals surface area contributed by atoms with Gasteiger partial charge in [0.1, 0.15) is 0 Å². The lowest BCUT2D eigenvalue weighted by Gasteiger charge is -2.10. The highest BCUT2D eigenvalue weighted by atomic mass is 14.7. The van der Waals surface area contributed by atoms with Crippen molar-refractivity contribution in [2.75, 3.05) is 0 Å². The van der Waals surface area contributed by atoms with Crippen LogP contribution in [0.3, 0.4) is 0 Å². The molecule has 3 aliphatic carbocycles. The van der Waals surface area contributed by atoms with Gasteiger partial charge in [-0.2, -0.15) is 0 Å². The number of hydrogen-bond acceptors (Lipinski definition) is 0. The molecule has 0 nitrogen and oxygen atoms in total. The molecule has 3 aliphatic rings. The fraction of sp³-hybridized carbons (Fsp3) is 0.800. The van der Waals surface area contributed by atoms with Gasteiger partial charge in [-0.3, -0.25) is 0 Å². The first-order valence-electron chi connectivity index (χ1n) is 4.47. The molecule has 0 N–H and O–H groups in total. The van der Waals surface area contributed by atoms with E-state index < -0.39 is 0 Å². The summed E-state index contributed by atoms with van der Waals surface area (Å²) in [5.41, 5.74) is 3.06. The average Bonchev–Trinajstić information content (AvgIpc) is 2.81. The molecule has 0 unspecified atom stereocenters. The van der Waals surface area contributed by atoms with Crippen LogP contribution in [0.1, 0.15) is 38.5 Å². The van der Waals surface area contributed by atoms with Gasteiger partial charge in [-0.1, -0.05) is 12.2 Å². The molecule has 3 rings (SSSR count). The van der Waals surface area contributed by atoms with Crippen LogP contribution < -0.4 is 0 Å². The monoisotopic (exact) mass is 134 g/mol. The summed E-state index contributed by atoms with van der Waals surface area (Å²) in [5, 5.41) is 0. The van der Waals surface area contributed by atoms with Gasteiger partial charge in [0.2, 0.25) is 0 Å². The van der Waals surface area contributed by atoms with Crippen LogP contribution in [0.15, 0.2) is 12.2 Å². The number of rotatable bonds is 0. The van der Waals surface area contributed by atoms with Crippen molar-refractivity contribution in [3.05, 3.63) is 12.2 Å². The Hall–Kier alpha value is -0.260. The van der Waals surface area contributed by atoms with Gasteiger partial charge in [0.05, 0.1) is 0 Å². The molecule has 0 aromatic heterocycles. The Morgan fingerprint density at radius 3 is 1.30 bits per heavy atom. The molecule has 54 valence electrons. The van der Waals surface area contributed by atoms with Gasteiger partial charge < -0.3 is 0 Å². The highest BCUT2D eigenvalue weighted by molar-refractivity contribution is 5.35. The van der Waals surface area contributed by atoms with Crippen LogP contribution in [0.4, 0.5) is 0 Å². The summed E-state index contributed by atoms with van der Waals surface area (Å²) in [4.78, 5) is 0. The maximum absolute atomic E-state index is 4.28. The van der Waals surface area contributed by atoms with Gasteiger partial charge in [0.15, 0.2) is 0 Å². The van der Waals surface area contributed by atoms with E-state index in [9.17, 15) is 0 Å². The van der Waals surface area contributed by atoms with E-state index in [1.807, 2.05) is 0 Å². The maximum atomic E-state index is 4.28. The van der Waals surface area contributed by atoms with Crippen LogP contribution in [-0.2, 0) is 0 Å². The summed E-state index contributed by atoms with van der Waals surface area (Å²) in [6.07, 6.45) is 8.82. The zero-order valence-electron chi connectivity index (χ0n) is 6.45. The minimum absolute atomic E-state index is 0.705. The molecule has 0 radical (unpaired) electrons. The molecule has 3 fully saturated rings. The maximum Gasteiger partial charge on any atom is -0.00843 e. The predicted octanol–water partition coefficient (Wildman–Crippen LogP) is 2.90. The molecule has 0 aliphatic heterocycles. The number of allylic oxidation sites excluding steroid dienone is 1. The smallest absolute Gasteiger partial charge is 0.00843 e. The third-order valence-electron chi connectivity index (χ3n) is 4.07. The molecule has 0 heterocycles. The van der Waals surface area contributed by atoms with Crippen LogP contribution >= 0.6 is 0 Å². The van der Waals surface area contributed by atoms with Crippen molar-refractivity contribution in [1.82, 2.24) is 0 Å². The van der Waals surface area contributed by atoms with E-state index in [1.165, 1.54) is 38.5 Å². The minimum Gasteiger partial charge on any atom is -0.0987 e. The first kappa shape index (κ1) is 5.40. The molecular weight excluding hydrogens is 120 g/mol. The van der Waals surface area contributed by atoms with E-state index in [0.29, 0.717) is 10.8 Å². The summed E-state index contributed by atoms with van der Waals surface area (Å²) < 4.78 is 0. The van der Waals surface area contributed by atoms with Gasteiger partial charge in [-0.25, -0.2) is 0 Å². The summed E-state index contributed by atoms with van der Waals surface area (Å²) in [5.74, 6) is 0. The van der Waals surface area contributed by atoms with Crippen molar-refractivity contribution in [2.45, 2.75) is 38.5 Å². The quantitative estimate of drug-likeness (QED) is 0.447. The third-order valence-corrected chi connectivity index (χ3v) is 4.07. The molecule has 0 aromatic rings. The Labute approximate surface area is 62.3 Å². The lowest BCUT2D eigenvalue weighted by Crippen LogP contribution is -2.00. The third kappa shape index (κ3) is 0.426. The molecular formula is C10H14. The van der Waals surface area contributed by atoms with Gasteiger partial charge in [0.25, 0.3) is 0 Å². The summed E-state index contributed by atoms with van der Waals surface area (Å²) in [6, 6.07) is 0. The van der Waals surface area contributed by atoms with Crippen molar-refractivity contribution in [2.24, 2.45) is 10.8 Å². The molecule has 0 aromatic carbocycles. The fourth-order valence-corrected chi connectivity index (χ4v) is 2.75. The van der Waals surface area contributed by atoms with Crippen LogP contribution in [-0.4, -0.2) is 0 Å². The molecule has 0 heteroatoms. The highest BCUT2D eigenvalue weighted by Gasteiger charge is 2.62. The summed E-state index contributed by atoms with van der Waals surface area (Å²) >= 11 is 0. The van der Waals surface area contributed by atoms with E-state index in [-0.39, 0.29) is 0 Å². The molecule has 0 atom stereocenters. The summed E-state index contributed by atoms with van der Waals surface area (Å²) in [6.45, 7) is 4.28. The standard InChI is InChI=1S/C10H14/c1-8-9(2-3-9)6-7-10(8)4-5-10/h1-7H2. The Bertz CT molecular complexity index is 182. The van der Waals surface area contributed by atoms with E-state index >= 15 is 0 Å². The molecule has 0 saturated heterocycles. The van der Waals surface area contributed by atoms with Crippen molar-refractivity contribution in [3.8, 4) is 0 Å². The van der Waals surface area contributed by atoms with Gasteiger partial charge in [0, 0.05) is 0 Å². The molecule has 2 spiro atoms. The highest BCUT2D eigenvalue weighted by Crippen LogP contribution is 2.74. The number of hydrogen-bond donors (Lipinski definition) is 0. The zero-order chi connectivity index (χ0) is 6.82. The second-order valence-corrected chi connectivity index (χ2v) is 4.54. The van der Waals surface area contributed by atoms with Crippen LogP contribution in [0, 0.1) is 10.8 Å². The Kier molecular flexibility index (Phi) is 0.657. The summed E-state index contributed by atoms with van der Waals surface area (Å²) in [7, 11) is 0. The molecule has 0 bridgehead atoms. The van der Waals surface area contributed by atoms with Crippen LogP contribution in [0.5, 0.6) is 0 Å². The Morgan fingerprint density at radius 1 is 0.800 bits per heavy atom. The predicted molar refractivity (Wildman–Crippen MR) is 41.7 cm³/mol.